The lowest BCUT2D eigenvalue weighted by atomic mass is 9.96. The summed E-state index contributed by atoms with van der Waals surface area (Å²) in [6.07, 6.45) is 5.14. The highest BCUT2D eigenvalue weighted by atomic mass is 16.5. The zero-order valence-electron chi connectivity index (χ0n) is 26.2. The molecule has 4 rings (SSSR count). The van der Waals surface area contributed by atoms with Crippen LogP contribution >= 0.6 is 0 Å². The van der Waals surface area contributed by atoms with Crippen LogP contribution in [0.25, 0.3) is 6.08 Å². The van der Waals surface area contributed by atoms with Gasteiger partial charge in [-0.05, 0) is 69.5 Å². The second kappa shape index (κ2) is 13.8. The quantitative estimate of drug-likeness (QED) is 0.419. The fourth-order valence-corrected chi connectivity index (χ4v) is 6.50. The SMILES string of the molecule is CCC(C)[C@H](C(=O)N[C@@H](CC(C)C)C(=O)N1CC[C@@H]2Oc3ccc(O)c(c3)/C=C\NC(=O)[C@@H]3CCCN3C(=O)[C@H]21)N(C)C. The molecule has 236 valence electrons. The van der Waals surface area contributed by atoms with Crippen LogP contribution in [0.5, 0.6) is 11.5 Å². The molecule has 4 amide bonds. The van der Waals surface area contributed by atoms with Crippen molar-refractivity contribution in [1.82, 2.24) is 25.3 Å². The molecule has 3 N–H and O–H groups in total. The third-order valence-electron chi connectivity index (χ3n) is 8.82. The van der Waals surface area contributed by atoms with E-state index in [0.717, 1.165) is 6.42 Å². The summed E-state index contributed by atoms with van der Waals surface area (Å²) in [7, 11) is 3.72. The third kappa shape index (κ3) is 7.14. The first-order valence-corrected chi connectivity index (χ1v) is 15.5. The molecule has 3 heterocycles. The van der Waals surface area contributed by atoms with Crippen molar-refractivity contribution >= 4 is 29.7 Å². The molecular formula is C32H47N5O6. The van der Waals surface area contributed by atoms with Crippen LogP contribution in [0.4, 0.5) is 0 Å². The number of phenols is 1. The highest BCUT2D eigenvalue weighted by Crippen LogP contribution is 2.32. The van der Waals surface area contributed by atoms with Crippen LogP contribution in [0.3, 0.4) is 0 Å². The van der Waals surface area contributed by atoms with E-state index in [1.54, 1.807) is 28.0 Å². The maximum Gasteiger partial charge on any atom is 0.249 e. The van der Waals surface area contributed by atoms with Crippen molar-refractivity contribution in [3.63, 3.8) is 0 Å². The van der Waals surface area contributed by atoms with Crippen LogP contribution in [0.15, 0.2) is 24.4 Å². The van der Waals surface area contributed by atoms with Crippen molar-refractivity contribution < 1.29 is 29.0 Å². The summed E-state index contributed by atoms with van der Waals surface area (Å²) in [4.78, 5) is 60.2. The average molecular weight is 598 g/mol. The van der Waals surface area contributed by atoms with Crippen LogP contribution in [0.1, 0.15) is 65.4 Å². The van der Waals surface area contributed by atoms with Crippen molar-refractivity contribution in [2.24, 2.45) is 11.8 Å². The van der Waals surface area contributed by atoms with Crippen molar-refractivity contribution in [2.75, 3.05) is 27.2 Å². The van der Waals surface area contributed by atoms with Gasteiger partial charge in [0.05, 0.1) is 6.04 Å². The molecule has 2 saturated heterocycles. The van der Waals surface area contributed by atoms with Gasteiger partial charge < -0.3 is 30.3 Å². The van der Waals surface area contributed by atoms with Gasteiger partial charge in [0.1, 0.15) is 35.7 Å². The van der Waals surface area contributed by atoms with Gasteiger partial charge in [-0.2, -0.15) is 0 Å². The summed E-state index contributed by atoms with van der Waals surface area (Å²) in [6, 6.07) is 1.87. The number of hydrogen-bond donors (Lipinski definition) is 3. The number of likely N-dealkylation sites (tertiary alicyclic amines) is 1. The van der Waals surface area contributed by atoms with Crippen molar-refractivity contribution in [3.05, 3.63) is 30.0 Å². The molecule has 3 aliphatic heterocycles. The summed E-state index contributed by atoms with van der Waals surface area (Å²) in [6.45, 7) is 8.70. The number of fused-ring (bicyclic) bond motifs is 4. The Morgan fingerprint density at radius 3 is 2.58 bits per heavy atom. The number of aromatic hydroxyl groups is 1. The van der Waals surface area contributed by atoms with E-state index < -0.39 is 30.3 Å². The molecule has 1 unspecified atom stereocenters. The number of ether oxygens (including phenoxy) is 1. The van der Waals surface area contributed by atoms with E-state index in [0.29, 0.717) is 43.5 Å². The minimum absolute atomic E-state index is 0.0201. The standard InChI is InChI=1S/C32H47N5O6/c1-7-20(4)27(35(5)6)30(40)34-23(17-19(2)3)31(41)37-16-13-26-28(37)32(42)36-15-8-9-24(36)29(39)33-14-12-21-18-22(43-26)10-11-25(21)38/h10-12,14,18-20,23-24,26-28,38H,7-9,13,15-17H2,1-6H3,(H,33,39)(H,34,40)/b14-12-/t20?,23-,24-,26-,27+,28-/m0/s1. The first-order valence-electron chi connectivity index (χ1n) is 15.5. The van der Waals surface area contributed by atoms with Crippen LogP contribution in [0, 0.1) is 11.8 Å². The molecule has 11 heteroatoms. The number of amides is 4. The zero-order valence-corrected chi connectivity index (χ0v) is 26.2. The molecule has 3 aliphatic rings. The monoisotopic (exact) mass is 597 g/mol. The lowest BCUT2D eigenvalue weighted by Gasteiger charge is -2.36. The first kappa shape index (κ1) is 32.3. The number of likely N-dealkylation sites (N-methyl/N-ethyl adjacent to an activating group) is 1. The highest BCUT2D eigenvalue weighted by molar-refractivity contribution is 5.96. The predicted molar refractivity (Wildman–Crippen MR) is 163 cm³/mol. The molecule has 1 aromatic carbocycles. The average Bonchev–Trinajstić information content (AvgIpc) is 3.60. The summed E-state index contributed by atoms with van der Waals surface area (Å²) >= 11 is 0. The molecule has 0 spiro atoms. The van der Waals surface area contributed by atoms with E-state index in [1.165, 1.54) is 12.3 Å². The molecule has 11 nitrogen and oxygen atoms in total. The van der Waals surface area contributed by atoms with E-state index in [9.17, 15) is 24.3 Å². The van der Waals surface area contributed by atoms with Gasteiger partial charge in [0.2, 0.25) is 23.6 Å². The van der Waals surface area contributed by atoms with Crippen LogP contribution in [-0.4, -0.2) is 101 Å². The lowest BCUT2D eigenvalue weighted by Crippen LogP contribution is -2.60. The number of carbonyl (C=O) groups is 4. The predicted octanol–water partition coefficient (Wildman–Crippen LogP) is 2.34. The fraction of sp³-hybridized carbons (Fsp3) is 0.625. The molecule has 2 bridgehead atoms. The number of benzene rings is 1. The Labute approximate surface area is 254 Å². The normalized spacial score (nSPS) is 25.0. The van der Waals surface area contributed by atoms with Gasteiger partial charge in [-0.15, -0.1) is 0 Å². The van der Waals surface area contributed by atoms with Crippen molar-refractivity contribution in [2.45, 2.75) is 90.1 Å². The molecule has 2 fully saturated rings. The first-order chi connectivity index (χ1) is 20.4. The van der Waals surface area contributed by atoms with E-state index >= 15 is 0 Å². The number of nitrogens with one attached hydrogen (secondary N) is 2. The summed E-state index contributed by atoms with van der Waals surface area (Å²) in [5.41, 5.74) is 0.450. The van der Waals surface area contributed by atoms with E-state index in [2.05, 4.69) is 10.6 Å². The van der Waals surface area contributed by atoms with E-state index in [4.69, 9.17) is 4.74 Å². The minimum atomic E-state index is -0.974. The van der Waals surface area contributed by atoms with E-state index in [-0.39, 0.29) is 47.8 Å². The molecule has 6 atom stereocenters. The number of hydrogen-bond acceptors (Lipinski definition) is 7. The van der Waals surface area contributed by atoms with Crippen LogP contribution in [0.2, 0.25) is 0 Å². The Kier molecular flexibility index (Phi) is 10.4. The largest absolute Gasteiger partial charge is 0.507 e. The molecule has 0 saturated carbocycles. The Morgan fingerprint density at radius 1 is 1.16 bits per heavy atom. The maximum absolute atomic E-state index is 14.3. The Bertz CT molecular complexity index is 1230. The van der Waals surface area contributed by atoms with E-state index in [1.807, 2.05) is 46.7 Å². The van der Waals surface area contributed by atoms with Gasteiger partial charge in [0.15, 0.2) is 0 Å². The van der Waals surface area contributed by atoms with Gasteiger partial charge >= 0.3 is 0 Å². The molecule has 0 aromatic heterocycles. The van der Waals surface area contributed by atoms with Crippen molar-refractivity contribution in [3.8, 4) is 11.5 Å². The van der Waals surface area contributed by atoms with Gasteiger partial charge in [-0.3, -0.25) is 24.1 Å². The van der Waals surface area contributed by atoms with Crippen LogP contribution < -0.4 is 15.4 Å². The minimum Gasteiger partial charge on any atom is -0.507 e. The summed E-state index contributed by atoms with van der Waals surface area (Å²) < 4.78 is 6.35. The van der Waals surface area contributed by atoms with Crippen LogP contribution in [-0.2, 0) is 19.2 Å². The molecule has 0 aliphatic carbocycles. The van der Waals surface area contributed by atoms with Gasteiger partial charge in [-0.1, -0.05) is 34.1 Å². The molecule has 43 heavy (non-hydrogen) atoms. The highest BCUT2D eigenvalue weighted by Gasteiger charge is 2.49. The zero-order chi connectivity index (χ0) is 31.4. The second-order valence-electron chi connectivity index (χ2n) is 12.7. The molecule has 0 radical (unpaired) electrons. The van der Waals surface area contributed by atoms with Gasteiger partial charge in [-0.25, -0.2) is 0 Å². The number of rotatable bonds is 8. The Morgan fingerprint density at radius 2 is 1.91 bits per heavy atom. The fourth-order valence-electron chi connectivity index (χ4n) is 6.50. The van der Waals surface area contributed by atoms with Gasteiger partial charge in [0, 0.05) is 31.3 Å². The third-order valence-corrected chi connectivity index (χ3v) is 8.82. The number of nitrogens with zero attached hydrogens (tertiary/aromatic N) is 3. The molecule has 1 aromatic rings. The summed E-state index contributed by atoms with van der Waals surface area (Å²) in [5.74, 6) is -0.562. The number of phenolic OH excluding ortho intramolecular Hbond substituents is 1. The maximum atomic E-state index is 14.3. The number of carbonyl (C=O) groups excluding carboxylic acids is 4. The second-order valence-corrected chi connectivity index (χ2v) is 12.7. The smallest absolute Gasteiger partial charge is 0.249 e. The summed E-state index contributed by atoms with van der Waals surface area (Å²) in [5, 5.41) is 16.1. The Balaban J connectivity index is 1.69. The van der Waals surface area contributed by atoms with Crippen molar-refractivity contribution in [1.29, 1.82) is 0 Å². The molecular weight excluding hydrogens is 550 g/mol. The Hall–Kier alpha value is -3.60. The lowest BCUT2D eigenvalue weighted by molar-refractivity contribution is -0.150. The topological polar surface area (TPSA) is 132 Å². The van der Waals surface area contributed by atoms with Gasteiger partial charge in [0.25, 0.3) is 0 Å².